The normalized spacial score (nSPS) is 11.1. The highest BCUT2D eigenvalue weighted by molar-refractivity contribution is 7.71. The number of methoxy groups -OCH3 is 2. The summed E-state index contributed by atoms with van der Waals surface area (Å²) >= 11 is 11.9. The number of aromatic nitrogens is 4. The van der Waals surface area contributed by atoms with E-state index in [-0.39, 0.29) is 0 Å². The summed E-state index contributed by atoms with van der Waals surface area (Å²) in [5.41, 5.74) is 3.00. The minimum Gasteiger partial charge on any atom is -0.493 e. The Morgan fingerprint density at radius 3 is 2.35 bits per heavy atom. The number of nitrogens with zero attached hydrogens (tertiary/aromatic N) is 5. The molecule has 0 N–H and O–H groups in total. The molecule has 0 saturated carbocycles. The molecule has 0 unspecified atom stereocenters. The van der Waals surface area contributed by atoms with Crippen LogP contribution in [-0.2, 0) is 13.1 Å². The van der Waals surface area contributed by atoms with Crippen molar-refractivity contribution in [2.75, 3.05) is 27.8 Å². The summed E-state index contributed by atoms with van der Waals surface area (Å²) in [5.74, 6) is 2.21. The predicted molar refractivity (Wildman–Crippen MR) is 137 cm³/mol. The van der Waals surface area contributed by atoms with Crippen LogP contribution >= 0.6 is 23.8 Å². The Morgan fingerprint density at radius 2 is 1.68 bits per heavy atom. The van der Waals surface area contributed by atoms with Crippen LogP contribution in [0.2, 0.25) is 5.02 Å². The molecule has 2 aromatic carbocycles. The molecule has 0 aliphatic heterocycles. The molecule has 0 amide bonds. The van der Waals surface area contributed by atoms with Crippen molar-refractivity contribution >= 4 is 23.8 Å². The summed E-state index contributed by atoms with van der Waals surface area (Å²) in [6.07, 6.45) is 4.34. The number of hydrogen-bond acceptors (Lipinski definition) is 6. The lowest BCUT2D eigenvalue weighted by molar-refractivity contribution is 0.255. The maximum absolute atomic E-state index is 6.11. The van der Waals surface area contributed by atoms with Gasteiger partial charge < -0.3 is 9.47 Å². The molecule has 0 spiro atoms. The van der Waals surface area contributed by atoms with Gasteiger partial charge in [-0.1, -0.05) is 17.7 Å². The topological polar surface area (TPSA) is 57.3 Å². The first kappa shape index (κ1) is 23.9. The fourth-order valence-corrected chi connectivity index (χ4v) is 4.08. The van der Waals surface area contributed by atoms with E-state index in [9.17, 15) is 0 Å². The third-order valence-corrected chi connectivity index (χ3v) is 6.11. The summed E-state index contributed by atoms with van der Waals surface area (Å²) in [7, 11) is 5.33. The molecular weight excluding hydrogens is 470 g/mol. The van der Waals surface area contributed by atoms with Crippen LogP contribution in [0.3, 0.4) is 0 Å². The number of hydrogen-bond donors (Lipinski definition) is 0. The van der Waals surface area contributed by atoms with Gasteiger partial charge in [0.25, 0.3) is 0 Å². The van der Waals surface area contributed by atoms with Gasteiger partial charge in [-0.05, 0) is 79.8 Å². The van der Waals surface area contributed by atoms with Gasteiger partial charge in [0, 0.05) is 29.5 Å². The second-order valence-corrected chi connectivity index (χ2v) is 8.62. The van der Waals surface area contributed by atoms with Crippen molar-refractivity contribution < 1.29 is 9.47 Å². The Bertz CT molecular complexity index is 1310. The highest BCUT2D eigenvalue weighted by Crippen LogP contribution is 2.28. The van der Waals surface area contributed by atoms with E-state index >= 15 is 0 Å². The Morgan fingerprint density at radius 1 is 0.971 bits per heavy atom. The molecule has 176 valence electrons. The smallest absolute Gasteiger partial charge is 0.204 e. The van der Waals surface area contributed by atoms with Gasteiger partial charge in [-0.2, -0.15) is 0 Å². The SMILES string of the molecule is COc1ccc(CCN(C)Cn2nc(-c3ccncc3)n(-c3ccc(Cl)cc3)c2=S)cc1OC. The molecular formula is C25H26ClN5O2S. The van der Waals surface area contributed by atoms with Crippen molar-refractivity contribution in [3.05, 3.63) is 82.3 Å². The number of benzene rings is 2. The van der Waals surface area contributed by atoms with Crippen molar-refractivity contribution in [3.8, 4) is 28.6 Å². The zero-order chi connectivity index (χ0) is 24.1. The van der Waals surface area contributed by atoms with Crippen molar-refractivity contribution in [3.63, 3.8) is 0 Å². The zero-order valence-electron chi connectivity index (χ0n) is 19.3. The monoisotopic (exact) mass is 495 g/mol. The fourth-order valence-electron chi connectivity index (χ4n) is 3.67. The Balaban J connectivity index is 1.57. The van der Waals surface area contributed by atoms with E-state index in [1.54, 1.807) is 26.6 Å². The van der Waals surface area contributed by atoms with Crippen LogP contribution < -0.4 is 9.47 Å². The first-order valence-electron chi connectivity index (χ1n) is 10.8. The van der Waals surface area contributed by atoms with Crippen LogP contribution in [0.15, 0.2) is 67.0 Å². The molecule has 0 saturated heterocycles. The molecule has 0 atom stereocenters. The average Bonchev–Trinajstić information content (AvgIpc) is 3.19. The fraction of sp³-hybridized carbons (Fsp3) is 0.240. The maximum atomic E-state index is 6.11. The zero-order valence-corrected chi connectivity index (χ0v) is 20.9. The van der Waals surface area contributed by atoms with Crippen molar-refractivity contribution in [2.24, 2.45) is 0 Å². The molecule has 4 aromatic rings. The summed E-state index contributed by atoms with van der Waals surface area (Å²) in [6.45, 7) is 1.36. The molecule has 0 aliphatic carbocycles. The predicted octanol–water partition coefficient (Wildman–Crippen LogP) is 5.27. The van der Waals surface area contributed by atoms with Crippen molar-refractivity contribution in [1.82, 2.24) is 24.2 Å². The van der Waals surface area contributed by atoms with Gasteiger partial charge in [0.2, 0.25) is 4.77 Å². The Kier molecular flexibility index (Phi) is 7.62. The van der Waals surface area contributed by atoms with Crippen LogP contribution in [0.4, 0.5) is 0 Å². The molecule has 34 heavy (non-hydrogen) atoms. The highest BCUT2D eigenvalue weighted by Gasteiger charge is 2.16. The molecule has 2 aromatic heterocycles. The van der Waals surface area contributed by atoms with Crippen LogP contribution in [0.1, 0.15) is 5.56 Å². The second kappa shape index (κ2) is 10.8. The lowest BCUT2D eigenvalue weighted by atomic mass is 10.1. The summed E-state index contributed by atoms with van der Waals surface area (Å²) < 4.78 is 15.2. The van der Waals surface area contributed by atoms with E-state index in [0.717, 1.165) is 47.1 Å². The number of rotatable bonds is 9. The van der Waals surface area contributed by atoms with Crippen molar-refractivity contribution in [2.45, 2.75) is 13.1 Å². The van der Waals surface area contributed by atoms with Gasteiger partial charge in [0.05, 0.1) is 26.6 Å². The molecule has 0 fully saturated rings. The van der Waals surface area contributed by atoms with E-state index in [1.807, 2.05) is 57.8 Å². The lowest BCUT2D eigenvalue weighted by Crippen LogP contribution is -2.25. The maximum Gasteiger partial charge on any atom is 0.204 e. The largest absolute Gasteiger partial charge is 0.493 e. The van der Waals surface area contributed by atoms with Gasteiger partial charge in [-0.3, -0.25) is 14.5 Å². The molecule has 0 aliphatic rings. The van der Waals surface area contributed by atoms with Gasteiger partial charge in [0.1, 0.15) is 0 Å². The Hall–Kier alpha value is -3.20. The average molecular weight is 496 g/mol. The van der Waals surface area contributed by atoms with E-state index in [0.29, 0.717) is 16.5 Å². The quantitative estimate of drug-likeness (QED) is 0.295. The van der Waals surface area contributed by atoms with Gasteiger partial charge in [0.15, 0.2) is 17.3 Å². The van der Waals surface area contributed by atoms with Crippen LogP contribution in [0, 0.1) is 4.77 Å². The summed E-state index contributed by atoms with van der Waals surface area (Å²) in [5, 5.41) is 5.53. The van der Waals surface area contributed by atoms with Crippen LogP contribution in [0.5, 0.6) is 11.5 Å². The minimum atomic E-state index is 0.546. The first-order chi connectivity index (χ1) is 16.5. The second-order valence-electron chi connectivity index (χ2n) is 7.81. The molecule has 0 radical (unpaired) electrons. The van der Waals surface area contributed by atoms with Gasteiger partial charge in [-0.15, -0.1) is 5.10 Å². The Labute approximate surface area is 209 Å². The highest BCUT2D eigenvalue weighted by atomic mass is 35.5. The van der Waals surface area contributed by atoms with Crippen molar-refractivity contribution in [1.29, 1.82) is 0 Å². The standard InChI is InChI=1S/C25H26ClN5O2S/c1-29(15-12-18-4-9-22(32-2)23(16-18)33-3)17-30-25(34)31(21-7-5-20(26)6-8-21)24(28-30)19-10-13-27-14-11-19/h4-11,13-14,16H,12,15,17H2,1-3H3. The lowest BCUT2D eigenvalue weighted by Gasteiger charge is -2.17. The first-order valence-corrected chi connectivity index (χ1v) is 11.5. The molecule has 0 bridgehead atoms. The summed E-state index contributed by atoms with van der Waals surface area (Å²) in [6, 6.07) is 17.4. The van der Waals surface area contributed by atoms with E-state index in [2.05, 4.69) is 23.0 Å². The third kappa shape index (κ3) is 5.30. The molecule has 7 nitrogen and oxygen atoms in total. The summed E-state index contributed by atoms with van der Waals surface area (Å²) in [4.78, 5) is 6.31. The number of likely N-dealkylation sites (N-methyl/N-ethyl adjacent to an activating group) is 1. The van der Waals surface area contributed by atoms with Gasteiger partial charge >= 0.3 is 0 Å². The third-order valence-electron chi connectivity index (χ3n) is 5.47. The van der Waals surface area contributed by atoms with E-state index < -0.39 is 0 Å². The number of halogens is 1. The van der Waals surface area contributed by atoms with E-state index in [1.165, 1.54) is 0 Å². The molecule has 2 heterocycles. The number of pyridine rings is 1. The number of ether oxygens (including phenoxy) is 2. The molecule has 9 heteroatoms. The van der Waals surface area contributed by atoms with Crippen LogP contribution in [0.25, 0.3) is 17.1 Å². The molecule has 4 rings (SSSR count). The van der Waals surface area contributed by atoms with Gasteiger partial charge in [-0.25, -0.2) is 4.68 Å². The van der Waals surface area contributed by atoms with Crippen LogP contribution in [-0.4, -0.2) is 52.0 Å². The van der Waals surface area contributed by atoms with E-state index in [4.69, 9.17) is 38.4 Å². The minimum absolute atomic E-state index is 0.546.